The summed E-state index contributed by atoms with van der Waals surface area (Å²) in [6.07, 6.45) is 1.11. The number of halogens is 2. The molecule has 0 aliphatic carbocycles. The summed E-state index contributed by atoms with van der Waals surface area (Å²) in [5.74, 6) is 0.717. The lowest BCUT2D eigenvalue weighted by Crippen LogP contribution is -2.37. The second-order valence-electron chi connectivity index (χ2n) is 5.47. The van der Waals surface area contributed by atoms with E-state index < -0.39 is 0 Å². The summed E-state index contributed by atoms with van der Waals surface area (Å²) in [5.41, 5.74) is 6.81. The molecule has 1 heterocycles. The van der Waals surface area contributed by atoms with Crippen LogP contribution in [-0.4, -0.2) is 48.9 Å². The van der Waals surface area contributed by atoms with Gasteiger partial charge < -0.3 is 10.6 Å². The average Bonchev–Trinajstić information content (AvgIpc) is 2.89. The molecular weight excluding hydrogens is 354 g/mol. The highest BCUT2D eigenvalue weighted by Gasteiger charge is 2.24. The SMILES string of the molecule is CN(Cc1ccccc1Br)C(=O)CN1CCC(CN)C1.Cl. The quantitative estimate of drug-likeness (QED) is 0.856. The Morgan fingerprint density at radius 2 is 2.19 bits per heavy atom. The van der Waals surface area contributed by atoms with Crippen molar-refractivity contribution in [3.63, 3.8) is 0 Å². The topological polar surface area (TPSA) is 49.6 Å². The van der Waals surface area contributed by atoms with Gasteiger partial charge in [-0.25, -0.2) is 0 Å². The number of nitrogens with zero attached hydrogens (tertiary/aromatic N) is 2. The maximum absolute atomic E-state index is 12.2. The number of likely N-dealkylation sites (tertiary alicyclic amines) is 1. The summed E-state index contributed by atoms with van der Waals surface area (Å²) < 4.78 is 1.05. The molecule has 0 radical (unpaired) electrons. The fourth-order valence-electron chi connectivity index (χ4n) is 2.53. The maximum atomic E-state index is 12.2. The zero-order chi connectivity index (χ0) is 14.5. The summed E-state index contributed by atoms with van der Waals surface area (Å²) >= 11 is 3.52. The Hall–Kier alpha value is -0.620. The summed E-state index contributed by atoms with van der Waals surface area (Å²) in [7, 11) is 1.86. The van der Waals surface area contributed by atoms with Crippen molar-refractivity contribution in [2.75, 3.05) is 33.2 Å². The van der Waals surface area contributed by atoms with Crippen LogP contribution >= 0.6 is 28.3 Å². The number of amides is 1. The number of nitrogens with two attached hydrogens (primary N) is 1. The standard InChI is InChI=1S/C15H22BrN3O.ClH/c1-18(10-13-4-2-3-5-14(13)16)15(20)11-19-7-6-12(8-17)9-19;/h2-5,12H,6-11,17H2,1H3;1H. The maximum Gasteiger partial charge on any atom is 0.236 e. The van der Waals surface area contributed by atoms with E-state index in [-0.39, 0.29) is 18.3 Å². The van der Waals surface area contributed by atoms with Gasteiger partial charge in [0, 0.05) is 24.6 Å². The number of likely N-dealkylation sites (N-methyl/N-ethyl adjacent to an activating group) is 1. The van der Waals surface area contributed by atoms with Crippen molar-refractivity contribution in [2.45, 2.75) is 13.0 Å². The predicted octanol–water partition coefficient (Wildman–Crippen LogP) is 2.11. The van der Waals surface area contributed by atoms with E-state index in [9.17, 15) is 4.79 Å². The molecule has 1 aromatic rings. The Bertz CT molecular complexity index is 472. The van der Waals surface area contributed by atoms with E-state index >= 15 is 0 Å². The van der Waals surface area contributed by atoms with Crippen molar-refractivity contribution >= 4 is 34.2 Å². The first kappa shape index (κ1) is 18.4. The van der Waals surface area contributed by atoms with Crippen LogP contribution < -0.4 is 5.73 Å². The minimum absolute atomic E-state index is 0. The predicted molar refractivity (Wildman–Crippen MR) is 91.5 cm³/mol. The molecule has 1 fully saturated rings. The molecule has 21 heavy (non-hydrogen) atoms. The van der Waals surface area contributed by atoms with Crippen molar-refractivity contribution in [3.05, 3.63) is 34.3 Å². The molecule has 1 aromatic carbocycles. The Morgan fingerprint density at radius 3 is 2.81 bits per heavy atom. The average molecular weight is 377 g/mol. The number of carbonyl (C=O) groups excluding carboxylic acids is 1. The van der Waals surface area contributed by atoms with Gasteiger partial charge in [-0.1, -0.05) is 34.1 Å². The van der Waals surface area contributed by atoms with Gasteiger partial charge in [0.05, 0.1) is 6.54 Å². The molecule has 1 amide bonds. The molecule has 1 unspecified atom stereocenters. The van der Waals surface area contributed by atoms with Gasteiger partial charge in [-0.3, -0.25) is 9.69 Å². The van der Waals surface area contributed by atoms with Gasteiger partial charge in [0.1, 0.15) is 0 Å². The second-order valence-corrected chi connectivity index (χ2v) is 6.32. The molecule has 2 N–H and O–H groups in total. The molecule has 2 rings (SSSR count). The van der Waals surface area contributed by atoms with Crippen molar-refractivity contribution in [2.24, 2.45) is 11.7 Å². The van der Waals surface area contributed by atoms with Crippen LogP contribution in [0.1, 0.15) is 12.0 Å². The number of hydrogen-bond donors (Lipinski definition) is 1. The minimum atomic E-state index is 0. The first-order valence-electron chi connectivity index (χ1n) is 7.00. The van der Waals surface area contributed by atoms with E-state index in [1.807, 2.05) is 31.3 Å². The van der Waals surface area contributed by atoms with E-state index in [0.29, 0.717) is 19.0 Å². The minimum Gasteiger partial charge on any atom is -0.340 e. The van der Waals surface area contributed by atoms with Crippen LogP contribution in [0.3, 0.4) is 0 Å². The number of hydrogen-bond acceptors (Lipinski definition) is 3. The Kier molecular flexibility index (Phi) is 7.66. The molecule has 0 aromatic heterocycles. The molecule has 0 bridgehead atoms. The van der Waals surface area contributed by atoms with Gasteiger partial charge >= 0.3 is 0 Å². The van der Waals surface area contributed by atoms with Crippen LogP contribution in [0.2, 0.25) is 0 Å². The van der Waals surface area contributed by atoms with Crippen molar-refractivity contribution < 1.29 is 4.79 Å². The van der Waals surface area contributed by atoms with Crippen LogP contribution in [0.5, 0.6) is 0 Å². The van der Waals surface area contributed by atoms with Gasteiger partial charge in [0.15, 0.2) is 0 Å². The summed E-state index contributed by atoms with van der Waals surface area (Å²) in [6.45, 7) is 3.78. The second kappa shape index (κ2) is 8.73. The lowest BCUT2D eigenvalue weighted by atomic mass is 10.1. The molecule has 6 heteroatoms. The summed E-state index contributed by atoms with van der Waals surface area (Å²) in [5, 5.41) is 0. The van der Waals surface area contributed by atoms with Crippen LogP contribution in [0, 0.1) is 5.92 Å². The molecule has 1 aliphatic rings. The smallest absolute Gasteiger partial charge is 0.236 e. The van der Waals surface area contributed by atoms with E-state index in [1.165, 1.54) is 0 Å². The lowest BCUT2D eigenvalue weighted by molar-refractivity contribution is -0.131. The van der Waals surface area contributed by atoms with Crippen molar-refractivity contribution in [1.29, 1.82) is 0 Å². The third-order valence-electron chi connectivity index (χ3n) is 3.85. The highest BCUT2D eigenvalue weighted by atomic mass is 79.9. The highest BCUT2D eigenvalue weighted by Crippen LogP contribution is 2.18. The van der Waals surface area contributed by atoms with Gasteiger partial charge in [-0.05, 0) is 37.1 Å². The van der Waals surface area contributed by atoms with Gasteiger partial charge in [-0.2, -0.15) is 0 Å². The van der Waals surface area contributed by atoms with Crippen LogP contribution in [-0.2, 0) is 11.3 Å². The third kappa shape index (κ3) is 5.25. The van der Waals surface area contributed by atoms with E-state index in [0.717, 1.165) is 36.1 Å². The fourth-order valence-corrected chi connectivity index (χ4v) is 2.94. The zero-order valence-electron chi connectivity index (χ0n) is 12.3. The first-order chi connectivity index (χ1) is 9.60. The van der Waals surface area contributed by atoms with Crippen LogP contribution in [0.15, 0.2) is 28.7 Å². The normalized spacial score (nSPS) is 18.3. The Labute approximate surface area is 141 Å². The summed E-state index contributed by atoms with van der Waals surface area (Å²) in [6, 6.07) is 8.01. The van der Waals surface area contributed by atoms with E-state index in [4.69, 9.17) is 5.73 Å². The van der Waals surface area contributed by atoms with Crippen molar-refractivity contribution in [1.82, 2.24) is 9.80 Å². The zero-order valence-corrected chi connectivity index (χ0v) is 14.7. The van der Waals surface area contributed by atoms with Gasteiger partial charge in [-0.15, -0.1) is 12.4 Å². The van der Waals surface area contributed by atoms with Crippen molar-refractivity contribution in [3.8, 4) is 0 Å². The molecule has 1 atom stereocenters. The Balaban J connectivity index is 0.00000220. The van der Waals surface area contributed by atoms with E-state index in [1.54, 1.807) is 4.90 Å². The molecule has 4 nitrogen and oxygen atoms in total. The fraction of sp³-hybridized carbons (Fsp3) is 0.533. The highest BCUT2D eigenvalue weighted by molar-refractivity contribution is 9.10. The van der Waals surface area contributed by atoms with Gasteiger partial charge in [0.25, 0.3) is 0 Å². The largest absolute Gasteiger partial charge is 0.340 e. The molecule has 118 valence electrons. The number of rotatable bonds is 5. The van der Waals surface area contributed by atoms with Crippen LogP contribution in [0.4, 0.5) is 0 Å². The summed E-state index contributed by atoms with van der Waals surface area (Å²) in [4.78, 5) is 16.2. The molecule has 1 aliphatic heterocycles. The van der Waals surface area contributed by atoms with E-state index in [2.05, 4.69) is 20.8 Å². The third-order valence-corrected chi connectivity index (χ3v) is 4.63. The molecule has 0 spiro atoms. The van der Waals surface area contributed by atoms with Crippen LogP contribution in [0.25, 0.3) is 0 Å². The first-order valence-corrected chi connectivity index (χ1v) is 7.79. The number of carbonyl (C=O) groups is 1. The molecule has 1 saturated heterocycles. The van der Waals surface area contributed by atoms with Gasteiger partial charge in [0.2, 0.25) is 5.91 Å². The molecule has 0 saturated carbocycles. The Morgan fingerprint density at radius 1 is 1.48 bits per heavy atom. The molecular formula is C15H23BrClN3O. The lowest BCUT2D eigenvalue weighted by Gasteiger charge is -2.22. The number of benzene rings is 1. The monoisotopic (exact) mass is 375 g/mol.